The maximum Gasteiger partial charge on any atom is 0.260 e. The largest absolute Gasteiger partial charge is 0.458 e. The van der Waals surface area contributed by atoms with E-state index in [1.165, 1.54) is 5.56 Å². The van der Waals surface area contributed by atoms with E-state index in [1.54, 1.807) is 0 Å². The molecule has 0 aliphatic carbocycles. The zero-order chi connectivity index (χ0) is 33.5. The third-order valence-electron chi connectivity index (χ3n) is 10.3. The first kappa shape index (κ1) is 28.2. The zero-order valence-corrected chi connectivity index (χ0v) is 27.4. The van der Waals surface area contributed by atoms with E-state index in [4.69, 9.17) is 13.9 Å². The van der Waals surface area contributed by atoms with Gasteiger partial charge in [-0.3, -0.25) is 0 Å². The zero-order valence-electron chi connectivity index (χ0n) is 27.4. The number of ether oxygens (including phenoxy) is 2. The maximum absolute atomic E-state index is 6.81. The summed E-state index contributed by atoms with van der Waals surface area (Å²) >= 11 is 0. The van der Waals surface area contributed by atoms with Crippen molar-refractivity contribution in [3.05, 3.63) is 170 Å². The summed E-state index contributed by atoms with van der Waals surface area (Å²) in [5.74, 6) is 3.36. The van der Waals surface area contributed by atoms with E-state index in [2.05, 4.69) is 150 Å². The van der Waals surface area contributed by atoms with Crippen LogP contribution in [0.1, 0.15) is 0 Å². The minimum Gasteiger partial charge on any atom is -0.458 e. The number of rotatable bonds is 4. The van der Waals surface area contributed by atoms with E-state index >= 15 is 0 Å². The molecule has 2 aliphatic rings. The molecule has 51 heavy (non-hydrogen) atoms. The van der Waals surface area contributed by atoms with Crippen molar-refractivity contribution < 1.29 is 13.9 Å². The van der Waals surface area contributed by atoms with Gasteiger partial charge in [0.1, 0.15) is 34.2 Å². The second-order valence-electron chi connectivity index (χ2n) is 13.3. The fraction of sp³-hybridized carbons (Fsp3) is 0. The van der Waals surface area contributed by atoms with Crippen molar-refractivity contribution in [3.8, 4) is 34.1 Å². The van der Waals surface area contributed by atoms with Crippen LogP contribution in [0.4, 0.5) is 17.1 Å². The van der Waals surface area contributed by atoms with Crippen molar-refractivity contribution in [2.24, 2.45) is 0 Å². The van der Waals surface area contributed by atoms with Gasteiger partial charge in [-0.15, -0.1) is 0 Å². The minimum atomic E-state index is -0.0637. The van der Waals surface area contributed by atoms with Crippen LogP contribution in [-0.2, 0) is 0 Å². The first-order valence-electron chi connectivity index (χ1n) is 17.3. The fourth-order valence-electron chi connectivity index (χ4n) is 8.02. The molecule has 0 bridgehead atoms. The standard InChI is InChI=1S/C46H28BNO3/c1-4-11-29(12-5-1)30-20-24-40-38(26-30)47-39-28-43-37(27-44(39)50-42-18-10-17-41(49-40)45(42)47)36-22-19-31-25-34(21-23-35(31)46(36)51-43)48(32-13-6-2-7-14-32)33-15-8-3-9-16-33/h1-28H. The van der Waals surface area contributed by atoms with Crippen LogP contribution in [0.15, 0.2) is 174 Å². The topological polar surface area (TPSA) is 34.8 Å². The molecule has 0 unspecified atom stereocenters. The molecule has 0 amide bonds. The van der Waals surface area contributed by atoms with Crippen molar-refractivity contribution in [2.45, 2.75) is 0 Å². The lowest BCUT2D eigenvalue weighted by Gasteiger charge is -2.33. The highest BCUT2D eigenvalue weighted by molar-refractivity contribution is 6.98. The predicted molar refractivity (Wildman–Crippen MR) is 209 cm³/mol. The minimum absolute atomic E-state index is 0.0637. The normalized spacial score (nSPS) is 12.6. The molecule has 2 aliphatic heterocycles. The van der Waals surface area contributed by atoms with Crippen LogP contribution < -0.4 is 30.8 Å². The molecule has 11 rings (SSSR count). The predicted octanol–water partition coefficient (Wildman–Crippen LogP) is 10.6. The quantitative estimate of drug-likeness (QED) is 0.177. The van der Waals surface area contributed by atoms with E-state index in [-0.39, 0.29) is 6.71 Å². The van der Waals surface area contributed by atoms with Crippen LogP contribution in [0.5, 0.6) is 23.0 Å². The summed E-state index contributed by atoms with van der Waals surface area (Å²) in [5.41, 5.74) is 10.6. The Balaban J connectivity index is 1.07. The van der Waals surface area contributed by atoms with Crippen molar-refractivity contribution in [3.63, 3.8) is 0 Å². The van der Waals surface area contributed by atoms with Gasteiger partial charge in [0.2, 0.25) is 0 Å². The number of benzene rings is 8. The molecule has 0 fully saturated rings. The van der Waals surface area contributed by atoms with Gasteiger partial charge >= 0.3 is 0 Å². The Bertz CT molecular complexity index is 2770. The second-order valence-corrected chi connectivity index (χ2v) is 13.3. The lowest BCUT2D eigenvalue weighted by atomic mass is 9.34. The van der Waals surface area contributed by atoms with Crippen LogP contribution in [0.3, 0.4) is 0 Å². The first-order chi connectivity index (χ1) is 25.3. The maximum atomic E-state index is 6.81. The van der Waals surface area contributed by atoms with Gasteiger partial charge in [-0.2, -0.15) is 0 Å². The Labute approximate surface area is 294 Å². The van der Waals surface area contributed by atoms with E-state index in [9.17, 15) is 0 Å². The van der Waals surface area contributed by atoms with E-state index in [0.29, 0.717) is 0 Å². The molecule has 0 N–H and O–H groups in total. The van der Waals surface area contributed by atoms with Crippen molar-refractivity contribution in [2.75, 3.05) is 4.90 Å². The number of anilines is 3. The SMILES string of the molecule is c1ccc(-c2ccc3c(c2)B2c4cc5oc6c7ccc(N(c8ccccc8)c8ccccc8)cc7ccc6c5cc4Oc4cccc(c42)O3)cc1. The molecule has 0 atom stereocenters. The molecule has 5 heteroatoms. The molecular weight excluding hydrogens is 625 g/mol. The molecule has 0 spiro atoms. The van der Waals surface area contributed by atoms with E-state index < -0.39 is 0 Å². The van der Waals surface area contributed by atoms with Gasteiger partial charge < -0.3 is 18.8 Å². The van der Waals surface area contributed by atoms with Gasteiger partial charge in [0.05, 0.1) is 0 Å². The summed E-state index contributed by atoms with van der Waals surface area (Å²) in [6, 6.07) is 59.4. The summed E-state index contributed by atoms with van der Waals surface area (Å²) in [5, 5.41) is 4.29. The van der Waals surface area contributed by atoms with Crippen molar-refractivity contribution in [1.82, 2.24) is 0 Å². The summed E-state index contributed by atoms with van der Waals surface area (Å²) in [4.78, 5) is 2.29. The highest BCUT2D eigenvalue weighted by Crippen LogP contribution is 2.42. The lowest BCUT2D eigenvalue weighted by molar-refractivity contribution is 0.465. The van der Waals surface area contributed by atoms with Crippen LogP contribution in [0.25, 0.3) is 43.8 Å². The first-order valence-corrected chi connectivity index (χ1v) is 17.3. The Morgan fingerprint density at radius 3 is 1.82 bits per heavy atom. The molecule has 4 nitrogen and oxygen atoms in total. The Morgan fingerprint density at radius 2 is 1.08 bits per heavy atom. The Morgan fingerprint density at radius 1 is 0.412 bits per heavy atom. The smallest absolute Gasteiger partial charge is 0.260 e. The highest BCUT2D eigenvalue weighted by Gasteiger charge is 2.40. The summed E-state index contributed by atoms with van der Waals surface area (Å²) < 4.78 is 20.0. The van der Waals surface area contributed by atoms with Crippen LogP contribution in [-0.4, -0.2) is 6.71 Å². The summed E-state index contributed by atoms with van der Waals surface area (Å²) in [6.45, 7) is -0.0637. The van der Waals surface area contributed by atoms with Gasteiger partial charge in [-0.25, -0.2) is 0 Å². The van der Waals surface area contributed by atoms with Crippen LogP contribution in [0, 0.1) is 0 Å². The average molecular weight is 654 g/mol. The van der Waals surface area contributed by atoms with Gasteiger partial charge in [0.25, 0.3) is 6.71 Å². The second kappa shape index (κ2) is 10.9. The number of hydrogen-bond acceptors (Lipinski definition) is 4. The molecule has 0 radical (unpaired) electrons. The number of fused-ring (bicyclic) bond motifs is 9. The number of para-hydroxylation sites is 2. The Kier molecular flexibility index (Phi) is 6.01. The monoisotopic (exact) mass is 653 g/mol. The lowest BCUT2D eigenvalue weighted by Crippen LogP contribution is -2.57. The molecule has 9 aromatic rings. The van der Waals surface area contributed by atoms with Gasteiger partial charge in [0.15, 0.2) is 0 Å². The highest BCUT2D eigenvalue weighted by atomic mass is 16.5. The molecule has 3 heterocycles. The number of hydrogen-bond donors (Lipinski definition) is 0. The average Bonchev–Trinajstić information content (AvgIpc) is 3.56. The van der Waals surface area contributed by atoms with Gasteiger partial charge in [-0.05, 0) is 106 Å². The molecule has 8 aromatic carbocycles. The van der Waals surface area contributed by atoms with Crippen LogP contribution in [0.2, 0.25) is 0 Å². The molecule has 238 valence electrons. The number of nitrogens with zero attached hydrogens (tertiary/aromatic N) is 1. The third kappa shape index (κ3) is 4.35. The molecular formula is C46H28BNO3. The van der Waals surface area contributed by atoms with Crippen molar-refractivity contribution >= 4 is 72.9 Å². The van der Waals surface area contributed by atoms with E-state index in [1.807, 2.05) is 24.3 Å². The number of furan rings is 1. The molecule has 0 saturated carbocycles. The Hall–Kier alpha value is -6.72. The van der Waals surface area contributed by atoms with Gasteiger partial charge in [-0.1, -0.05) is 91.0 Å². The summed E-state index contributed by atoms with van der Waals surface area (Å²) in [6.07, 6.45) is 0. The van der Waals surface area contributed by atoms with Crippen molar-refractivity contribution in [1.29, 1.82) is 0 Å². The van der Waals surface area contributed by atoms with Gasteiger partial charge in [0, 0.05) is 38.7 Å². The van der Waals surface area contributed by atoms with E-state index in [0.717, 1.165) is 94.7 Å². The van der Waals surface area contributed by atoms with Crippen LogP contribution >= 0.6 is 0 Å². The third-order valence-corrected chi connectivity index (χ3v) is 10.3. The molecule has 1 aromatic heterocycles. The molecule has 0 saturated heterocycles. The summed E-state index contributed by atoms with van der Waals surface area (Å²) in [7, 11) is 0. The fourth-order valence-corrected chi connectivity index (χ4v) is 8.02.